The average Bonchev–Trinajstić information content (AvgIpc) is 3.61. The Bertz CT molecular complexity index is 1200. The SMILES string of the molecule is COc1cc2ncc(C#N)c(-c3ccc(CN(C4CC4)[SH](=O)=O)cc3)c2cc1OC. The van der Waals surface area contributed by atoms with Crippen molar-refractivity contribution in [2.45, 2.75) is 25.4 Å². The maximum Gasteiger partial charge on any atom is 0.204 e. The van der Waals surface area contributed by atoms with Crippen LogP contribution < -0.4 is 9.47 Å². The molecule has 0 spiro atoms. The first-order valence-corrected chi connectivity index (χ1v) is 10.6. The van der Waals surface area contributed by atoms with Gasteiger partial charge in [-0.25, -0.2) is 8.42 Å². The van der Waals surface area contributed by atoms with E-state index in [0.717, 1.165) is 34.9 Å². The Kier molecular flexibility index (Phi) is 5.57. The molecule has 1 aliphatic rings. The van der Waals surface area contributed by atoms with Crippen LogP contribution >= 0.6 is 0 Å². The molecule has 0 saturated heterocycles. The molecule has 0 radical (unpaired) electrons. The highest BCUT2D eigenvalue weighted by Crippen LogP contribution is 2.38. The highest BCUT2D eigenvalue weighted by molar-refractivity contribution is 7.69. The minimum Gasteiger partial charge on any atom is -0.493 e. The number of nitriles is 1. The summed E-state index contributed by atoms with van der Waals surface area (Å²) in [4.78, 5) is 4.39. The van der Waals surface area contributed by atoms with E-state index in [1.54, 1.807) is 26.5 Å². The largest absolute Gasteiger partial charge is 0.493 e. The summed E-state index contributed by atoms with van der Waals surface area (Å²) in [5, 5.41) is 10.4. The van der Waals surface area contributed by atoms with Gasteiger partial charge in [0.1, 0.15) is 6.07 Å². The zero-order valence-electron chi connectivity index (χ0n) is 16.7. The van der Waals surface area contributed by atoms with Crippen molar-refractivity contribution in [1.29, 1.82) is 5.26 Å². The molecule has 8 heteroatoms. The van der Waals surface area contributed by atoms with Crippen molar-refractivity contribution in [3.63, 3.8) is 0 Å². The van der Waals surface area contributed by atoms with Gasteiger partial charge in [-0.2, -0.15) is 9.57 Å². The predicted molar refractivity (Wildman–Crippen MR) is 114 cm³/mol. The molecular formula is C22H21N3O4S. The Morgan fingerprint density at radius 2 is 1.80 bits per heavy atom. The van der Waals surface area contributed by atoms with Gasteiger partial charge in [0.15, 0.2) is 11.5 Å². The number of hydrogen-bond donors (Lipinski definition) is 1. The third-order valence-corrected chi connectivity index (χ3v) is 6.15. The van der Waals surface area contributed by atoms with Gasteiger partial charge in [0.25, 0.3) is 0 Å². The summed E-state index contributed by atoms with van der Waals surface area (Å²) >= 11 is 0. The number of rotatable bonds is 7. The molecule has 1 fully saturated rings. The van der Waals surface area contributed by atoms with Crippen molar-refractivity contribution in [2.24, 2.45) is 0 Å². The minimum atomic E-state index is -2.60. The van der Waals surface area contributed by atoms with E-state index in [2.05, 4.69) is 11.1 Å². The summed E-state index contributed by atoms with van der Waals surface area (Å²) < 4.78 is 35.3. The Hall–Kier alpha value is -3.15. The second-order valence-electron chi connectivity index (χ2n) is 7.15. The zero-order valence-corrected chi connectivity index (χ0v) is 17.6. The van der Waals surface area contributed by atoms with E-state index in [9.17, 15) is 13.7 Å². The molecule has 7 nitrogen and oxygen atoms in total. The van der Waals surface area contributed by atoms with Crippen LogP contribution in [0.4, 0.5) is 0 Å². The number of aromatic nitrogens is 1. The van der Waals surface area contributed by atoms with Gasteiger partial charge in [-0.15, -0.1) is 0 Å². The van der Waals surface area contributed by atoms with Crippen LogP contribution in [-0.4, -0.2) is 38.0 Å². The molecule has 0 aliphatic heterocycles. The summed E-state index contributed by atoms with van der Waals surface area (Å²) in [7, 11) is 0.523. The van der Waals surface area contributed by atoms with Gasteiger partial charge < -0.3 is 9.47 Å². The molecule has 0 unspecified atom stereocenters. The lowest BCUT2D eigenvalue weighted by atomic mass is 9.96. The second-order valence-corrected chi connectivity index (χ2v) is 8.14. The van der Waals surface area contributed by atoms with E-state index in [0.29, 0.717) is 29.1 Å². The van der Waals surface area contributed by atoms with E-state index in [4.69, 9.17) is 9.47 Å². The summed E-state index contributed by atoms with van der Waals surface area (Å²) in [6.45, 7) is 0.358. The van der Waals surface area contributed by atoms with Crippen LogP contribution in [0.3, 0.4) is 0 Å². The van der Waals surface area contributed by atoms with E-state index >= 15 is 0 Å². The van der Waals surface area contributed by atoms with Crippen molar-refractivity contribution in [1.82, 2.24) is 9.29 Å². The maximum absolute atomic E-state index is 11.5. The molecule has 1 saturated carbocycles. The van der Waals surface area contributed by atoms with Crippen LogP contribution in [0, 0.1) is 11.3 Å². The van der Waals surface area contributed by atoms with Gasteiger partial charge in [0, 0.05) is 35.8 Å². The minimum absolute atomic E-state index is 0.127. The van der Waals surface area contributed by atoms with Crippen LogP contribution in [0.5, 0.6) is 11.5 Å². The molecule has 1 aliphatic carbocycles. The Labute approximate surface area is 176 Å². The number of fused-ring (bicyclic) bond motifs is 1. The maximum atomic E-state index is 11.5. The summed E-state index contributed by atoms with van der Waals surface area (Å²) in [5.74, 6) is 1.12. The normalized spacial score (nSPS) is 13.6. The number of hydrogen-bond acceptors (Lipinski definition) is 6. The molecule has 30 heavy (non-hydrogen) atoms. The molecule has 0 atom stereocenters. The third kappa shape index (κ3) is 3.82. The van der Waals surface area contributed by atoms with E-state index in [-0.39, 0.29) is 6.04 Å². The summed E-state index contributed by atoms with van der Waals surface area (Å²) in [5.41, 5.74) is 3.64. The number of benzene rings is 2. The van der Waals surface area contributed by atoms with Gasteiger partial charge in [0.2, 0.25) is 10.9 Å². The number of ether oxygens (including phenoxy) is 2. The van der Waals surface area contributed by atoms with E-state index < -0.39 is 10.9 Å². The molecule has 1 heterocycles. The lowest BCUT2D eigenvalue weighted by molar-refractivity contribution is 0.356. The van der Waals surface area contributed by atoms with Crippen molar-refractivity contribution in [3.05, 3.63) is 53.7 Å². The first kappa shape index (κ1) is 20.1. The Morgan fingerprint density at radius 3 is 2.37 bits per heavy atom. The van der Waals surface area contributed by atoms with Gasteiger partial charge in [-0.05, 0) is 30.0 Å². The third-order valence-electron chi connectivity index (χ3n) is 5.26. The molecule has 0 N–H and O–H groups in total. The van der Waals surface area contributed by atoms with Crippen LogP contribution in [0.15, 0.2) is 42.6 Å². The molecule has 2 aromatic carbocycles. The number of methoxy groups -OCH3 is 2. The lowest BCUT2D eigenvalue weighted by Gasteiger charge is -2.15. The molecule has 4 rings (SSSR count). The number of nitrogens with zero attached hydrogens (tertiary/aromatic N) is 3. The molecule has 0 bridgehead atoms. The fraction of sp³-hybridized carbons (Fsp3) is 0.273. The van der Waals surface area contributed by atoms with Crippen molar-refractivity contribution in [2.75, 3.05) is 14.2 Å². The van der Waals surface area contributed by atoms with Crippen molar-refractivity contribution < 1.29 is 17.9 Å². The van der Waals surface area contributed by atoms with E-state index in [1.807, 2.05) is 30.3 Å². The molecular weight excluding hydrogens is 402 g/mol. The standard InChI is InChI=1S/C22H21N3O4S/c1-28-20-9-18-19(10-21(20)29-2)24-12-16(11-23)22(18)15-5-3-14(4-6-15)13-25(30(26)27)17-7-8-17/h3-6,9-10,12,17,30H,7-8,13H2,1-2H3. The fourth-order valence-corrected chi connectivity index (χ4v) is 4.35. The second kappa shape index (κ2) is 8.30. The summed E-state index contributed by atoms with van der Waals surface area (Å²) in [6.07, 6.45) is 3.39. The summed E-state index contributed by atoms with van der Waals surface area (Å²) in [6, 6.07) is 13.6. The first-order chi connectivity index (χ1) is 14.5. The monoisotopic (exact) mass is 423 g/mol. The van der Waals surface area contributed by atoms with Crippen molar-refractivity contribution >= 4 is 21.8 Å². The lowest BCUT2D eigenvalue weighted by Crippen LogP contribution is -2.23. The van der Waals surface area contributed by atoms with Gasteiger partial charge in [-0.3, -0.25) is 4.98 Å². The molecule has 154 valence electrons. The van der Waals surface area contributed by atoms with Crippen molar-refractivity contribution in [3.8, 4) is 28.7 Å². The molecule has 3 aromatic rings. The topological polar surface area (TPSA) is 92.5 Å². The zero-order chi connectivity index (χ0) is 21.3. The average molecular weight is 423 g/mol. The van der Waals surface area contributed by atoms with Crippen LogP contribution in [0.25, 0.3) is 22.0 Å². The Balaban J connectivity index is 1.77. The van der Waals surface area contributed by atoms with Gasteiger partial charge >= 0.3 is 0 Å². The molecule has 1 aromatic heterocycles. The molecule has 0 amide bonds. The van der Waals surface area contributed by atoms with E-state index in [1.165, 1.54) is 4.31 Å². The highest BCUT2D eigenvalue weighted by atomic mass is 32.2. The van der Waals surface area contributed by atoms with Crippen LogP contribution in [0.1, 0.15) is 24.0 Å². The highest BCUT2D eigenvalue weighted by Gasteiger charge is 2.30. The smallest absolute Gasteiger partial charge is 0.204 e. The number of thiol groups is 1. The predicted octanol–water partition coefficient (Wildman–Crippen LogP) is 3.28. The first-order valence-electron chi connectivity index (χ1n) is 9.50. The number of pyridine rings is 1. The quantitative estimate of drug-likeness (QED) is 0.587. The Morgan fingerprint density at radius 1 is 1.13 bits per heavy atom. The van der Waals surface area contributed by atoms with Crippen LogP contribution in [-0.2, 0) is 17.4 Å². The van der Waals surface area contributed by atoms with Gasteiger partial charge in [0.05, 0.1) is 25.3 Å². The van der Waals surface area contributed by atoms with Gasteiger partial charge in [-0.1, -0.05) is 24.3 Å². The fourth-order valence-electron chi connectivity index (χ4n) is 3.57. The van der Waals surface area contributed by atoms with Crippen LogP contribution in [0.2, 0.25) is 0 Å².